The standard InChI is InChI=1S/C16H19N3O4S/c1-24(21,22)16-17-14(12-5-2-3-8-19(12)16)15(20)18-9-10-23-13-7-4-6-11(13)18/h2-3,5,8,11,13H,4,6-7,9-10H2,1H3/t11-,13+/m1/s1. The SMILES string of the molecule is CS(=O)(=O)c1nc(C(=O)N2CCO[C@H]3CCC[C@H]32)c2ccccn12. The third-order valence-corrected chi connectivity index (χ3v) is 5.74. The lowest BCUT2D eigenvalue weighted by Crippen LogP contribution is -2.51. The van der Waals surface area contributed by atoms with Crippen molar-refractivity contribution >= 4 is 21.3 Å². The topological polar surface area (TPSA) is 81.0 Å². The van der Waals surface area contributed by atoms with Gasteiger partial charge in [0.1, 0.15) is 0 Å². The lowest BCUT2D eigenvalue weighted by Gasteiger charge is -2.37. The second-order valence-corrected chi connectivity index (χ2v) is 8.29. The summed E-state index contributed by atoms with van der Waals surface area (Å²) in [6, 6.07) is 5.28. The Labute approximate surface area is 140 Å². The minimum Gasteiger partial charge on any atom is -0.374 e. The Morgan fingerprint density at radius 1 is 1.33 bits per heavy atom. The molecule has 1 aliphatic carbocycles. The van der Waals surface area contributed by atoms with Crippen molar-refractivity contribution in [2.24, 2.45) is 0 Å². The zero-order chi connectivity index (χ0) is 16.9. The number of fused-ring (bicyclic) bond motifs is 2. The maximum absolute atomic E-state index is 13.1. The average molecular weight is 349 g/mol. The van der Waals surface area contributed by atoms with E-state index in [1.54, 1.807) is 24.4 Å². The zero-order valence-electron chi connectivity index (χ0n) is 13.4. The lowest BCUT2D eigenvalue weighted by atomic mass is 10.1. The Kier molecular flexibility index (Phi) is 3.61. The number of morpholine rings is 1. The van der Waals surface area contributed by atoms with E-state index in [1.165, 1.54) is 4.40 Å². The quantitative estimate of drug-likeness (QED) is 0.812. The summed E-state index contributed by atoms with van der Waals surface area (Å²) < 4.78 is 31.2. The molecule has 2 aliphatic rings. The van der Waals surface area contributed by atoms with E-state index < -0.39 is 9.84 Å². The number of carbonyl (C=O) groups excluding carboxylic acids is 1. The Balaban J connectivity index is 1.80. The highest BCUT2D eigenvalue weighted by molar-refractivity contribution is 7.90. The van der Waals surface area contributed by atoms with Gasteiger partial charge in [-0.3, -0.25) is 9.20 Å². The fourth-order valence-corrected chi connectivity index (χ4v) is 4.52. The number of nitrogens with zero attached hydrogens (tertiary/aromatic N) is 3. The first-order valence-corrected chi connectivity index (χ1v) is 9.95. The van der Waals surface area contributed by atoms with E-state index in [0.717, 1.165) is 25.5 Å². The molecule has 1 amide bonds. The molecule has 24 heavy (non-hydrogen) atoms. The third-order valence-electron chi connectivity index (χ3n) is 4.79. The van der Waals surface area contributed by atoms with Gasteiger partial charge in [0.2, 0.25) is 15.0 Å². The molecular formula is C16H19N3O4S. The van der Waals surface area contributed by atoms with E-state index in [9.17, 15) is 13.2 Å². The normalized spacial score (nSPS) is 24.3. The monoisotopic (exact) mass is 349 g/mol. The number of amides is 1. The molecule has 2 aromatic heterocycles. The van der Waals surface area contributed by atoms with Crippen LogP contribution in [0.4, 0.5) is 0 Å². The molecule has 0 N–H and O–H groups in total. The van der Waals surface area contributed by atoms with Crippen molar-refractivity contribution in [2.75, 3.05) is 19.4 Å². The number of aromatic nitrogens is 2. The molecule has 0 spiro atoms. The Hall–Kier alpha value is -1.93. The van der Waals surface area contributed by atoms with Crippen molar-refractivity contribution in [2.45, 2.75) is 36.6 Å². The van der Waals surface area contributed by atoms with Crippen LogP contribution in [0.3, 0.4) is 0 Å². The van der Waals surface area contributed by atoms with E-state index in [-0.39, 0.29) is 28.9 Å². The summed E-state index contributed by atoms with van der Waals surface area (Å²) >= 11 is 0. The highest BCUT2D eigenvalue weighted by Gasteiger charge is 2.40. The van der Waals surface area contributed by atoms with Gasteiger partial charge in [-0.2, -0.15) is 0 Å². The molecule has 1 aliphatic heterocycles. The molecule has 1 saturated carbocycles. The lowest BCUT2D eigenvalue weighted by molar-refractivity contribution is -0.0446. The predicted octanol–water partition coefficient (Wildman–Crippen LogP) is 1.13. The van der Waals surface area contributed by atoms with Gasteiger partial charge >= 0.3 is 0 Å². The summed E-state index contributed by atoms with van der Waals surface area (Å²) in [7, 11) is -3.53. The van der Waals surface area contributed by atoms with Gasteiger partial charge in [0.05, 0.1) is 24.3 Å². The van der Waals surface area contributed by atoms with Gasteiger partial charge < -0.3 is 9.64 Å². The van der Waals surface area contributed by atoms with Gasteiger partial charge in [0.15, 0.2) is 5.69 Å². The van der Waals surface area contributed by atoms with Gasteiger partial charge in [0.25, 0.3) is 5.91 Å². The molecule has 3 heterocycles. The van der Waals surface area contributed by atoms with Gasteiger partial charge in [-0.25, -0.2) is 13.4 Å². The molecule has 2 fully saturated rings. The Morgan fingerprint density at radius 3 is 2.96 bits per heavy atom. The van der Waals surface area contributed by atoms with Crippen LogP contribution in [0.25, 0.3) is 5.52 Å². The molecule has 7 nitrogen and oxygen atoms in total. The van der Waals surface area contributed by atoms with Gasteiger partial charge in [-0.15, -0.1) is 0 Å². The molecule has 4 rings (SSSR count). The number of imidazole rings is 1. The van der Waals surface area contributed by atoms with E-state index in [4.69, 9.17) is 4.74 Å². The molecule has 2 aromatic rings. The first-order valence-electron chi connectivity index (χ1n) is 8.06. The molecule has 8 heteroatoms. The number of sulfone groups is 1. The van der Waals surface area contributed by atoms with Crippen LogP contribution in [0.5, 0.6) is 0 Å². The summed E-state index contributed by atoms with van der Waals surface area (Å²) in [6.45, 7) is 1.03. The summed E-state index contributed by atoms with van der Waals surface area (Å²) in [4.78, 5) is 19.1. The maximum Gasteiger partial charge on any atom is 0.275 e. The van der Waals surface area contributed by atoms with Crippen molar-refractivity contribution < 1.29 is 17.9 Å². The molecule has 128 valence electrons. The predicted molar refractivity (Wildman–Crippen MR) is 86.7 cm³/mol. The first kappa shape index (κ1) is 15.6. The fraction of sp³-hybridized carbons (Fsp3) is 0.500. The average Bonchev–Trinajstić information content (AvgIpc) is 3.17. The first-order chi connectivity index (χ1) is 11.5. The number of pyridine rings is 1. The van der Waals surface area contributed by atoms with Crippen LogP contribution in [0.15, 0.2) is 29.6 Å². The summed E-state index contributed by atoms with van der Waals surface area (Å²) in [5.74, 6) is -0.214. The molecule has 0 aromatic carbocycles. The smallest absolute Gasteiger partial charge is 0.275 e. The van der Waals surface area contributed by atoms with Gasteiger partial charge in [-0.05, 0) is 31.4 Å². The van der Waals surface area contributed by atoms with E-state index in [1.807, 2.05) is 4.90 Å². The largest absolute Gasteiger partial charge is 0.374 e. The fourth-order valence-electron chi connectivity index (χ4n) is 3.74. The van der Waals surface area contributed by atoms with E-state index in [0.29, 0.717) is 18.7 Å². The van der Waals surface area contributed by atoms with E-state index in [2.05, 4.69) is 4.98 Å². The number of rotatable bonds is 2. The highest BCUT2D eigenvalue weighted by atomic mass is 32.2. The van der Waals surface area contributed by atoms with Crippen molar-refractivity contribution in [1.82, 2.24) is 14.3 Å². The molecule has 0 bridgehead atoms. The van der Waals surface area contributed by atoms with Crippen LogP contribution in [0.2, 0.25) is 0 Å². The van der Waals surface area contributed by atoms with Crippen LogP contribution < -0.4 is 0 Å². The number of hydrogen-bond acceptors (Lipinski definition) is 5. The minimum atomic E-state index is -3.53. The van der Waals surface area contributed by atoms with E-state index >= 15 is 0 Å². The summed E-state index contributed by atoms with van der Waals surface area (Å²) in [5.41, 5.74) is 0.715. The molecule has 0 unspecified atom stereocenters. The molecular weight excluding hydrogens is 330 g/mol. The second kappa shape index (κ2) is 5.56. The van der Waals surface area contributed by atoms with Crippen LogP contribution in [-0.2, 0) is 14.6 Å². The van der Waals surface area contributed by atoms with Crippen LogP contribution in [0.1, 0.15) is 29.8 Å². The van der Waals surface area contributed by atoms with Crippen molar-refractivity contribution in [1.29, 1.82) is 0 Å². The Bertz CT molecular complexity index is 905. The van der Waals surface area contributed by atoms with Crippen LogP contribution >= 0.6 is 0 Å². The zero-order valence-corrected chi connectivity index (χ0v) is 14.2. The molecule has 2 atom stereocenters. The van der Waals surface area contributed by atoms with Crippen molar-refractivity contribution in [3.63, 3.8) is 0 Å². The van der Waals surface area contributed by atoms with Crippen molar-refractivity contribution in [3.05, 3.63) is 30.1 Å². The highest BCUT2D eigenvalue weighted by Crippen LogP contribution is 2.31. The number of hydrogen-bond donors (Lipinski definition) is 0. The third kappa shape index (κ3) is 2.41. The summed E-state index contributed by atoms with van der Waals surface area (Å²) in [6.07, 6.45) is 5.73. The maximum atomic E-state index is 13.1. The minimum absolute atomic E-state index is 0.0633. The van der Waals surface area contributed by atoms with Crippen LogP contribution in [0, 0.1) is 0 Å². The molecule has 1 saturated heterocycles. The van der Waals surface area contributed by atoms with Gasteiger partial charge in [0, 0.05) is 19.0 Å². The molecule has 0 radical (unpaired) electrons. The number of carbonyl (C=O) groups is 1. The second-order valence-electron chi connectivity index (χ2n) is 6.38. The van der Waals surface area contributed by atoms with Gasteiger partial charge in [-0.1, -0.05) is 6.07 Å². The Morgan fingerprint density at radius 2 is 2.17 bits per heavy atom. The number of ether oxygens (including phenoxy) is 1. The van der Waals surface area contributed by atoms with Crippen LogP contribution in [-0.4, -0.2) is 60.2 Å². The summed E-state index contributed by atoms with van der Waals surface area (Å²) in [5, 5.41) is -0.0994. The van der Waals surface area contributed by atoms with Crippen molar-refractivity contribution in [3.8, 4) is 0 Å².